The van der Waals surface area contributed by atoms with E-state index < -0.39 is 10.1 Å². The van der Waals surface area contributed by atoms with Gasteiger partial charge in [-0.15, -0.1) is 0 Å². The van der Waals surface area contributed by atoms with Crippen LogP contribution in [-0.4, -0.2) is 24.4 Å². The Kier molecular flexibility index (Phi) is 3.17. The molecule has 0 aliphatic rings. The molecule has 18 heavy (non-hydrogen) atoms. The quantitative estimate of drug-likeness (QED) is 0.383. The highest BCUT2D eigenvalue weighted by atomic mass is 32.2. The lowest BCUT2D eigenvalue weighted by molar-refractivity contribution is 0.321. The summed E-state index contributed by atoms with van der Waals surface area (Å²) in [6.45, 7) is 0. The molecular weight excluding hydrogens is 258 g/mol. The van der Waals surface area contributed by atoms with E-state index in [1.54, 1.807) is 12.1 Å². The van der Waals surface area contributed by atoms with Gasteiger partial charge >= 0.3 is 0 Å². The van der Waals surface area contributed by atoms with Crippen LogP contribution in [0.25, 0.3) is 11.3 Å². The first-order chi connectivity index (χ1) is 8.50. The minimum absolute atomic E-state index is 0.185. The Hall–Kier alpha value is -2.12. The number of oxime groups is 1. The fourth-order valence-electron chi connectivity index (χ4n) is 1.43. The van der Waals surface area contributed by atoms with E-state index in [1.165, 1.54) is 24.3 Å². The van der Waals surface area contributed by atoms with Gasteiger partial charge < -0.3 is 9.62 Å². The topological polar surface area (TPSA) is 100 Å². The molecule has 94 valence electrons. The van der Waals surface area contributed by atoms with E-state index in [9.17, 15) is 8.42 Å². The van der Waals surface area contributed by atoms with E-state index in [0.717, 1.165) is 6.21 Å². The van der Waals surface area contributed by atoms with Gasteiger partial charge in [0.05, 0.1) is 4.90 Å². The number of rotatable bonds is 3. The van der Waals surface area contributed by atoms with Gasteiger partial charge in [-0.1, -0.05) is 5.16 Å². The van der Waals surface area contributed by atoms with E-state index in [0.29, 0.717) is 17.1 Å². The first-order valence-corrected chi connectivity index (χ1v) is 6.30. The molecule has 0 fully saturated rings. The van der Waals surface area contributed by atoms with Gasteiger partial charge in [0, 0.05) is 5.56 Å². The molecule has 0 bridgehead atoms. The minimum atomic E-state index is -4.19. The molecule has 2 rings (SSSR count). The van der Waals surface area contributed by atoms with Crippen molar-refractivity contribution in [2.45, 2.75) is 4.90 Å². The van der Waals surface area contributed by atoms with E-state index in [-0.39, 0.29) is 4.90 Å². The second-order valence-electron chi connectivity index (χ2n) is 3.45. The molecule has 1 heterocycles. The van der Waals surface area contributed by atoms with Crippen molar-refractivity contribution < 1.29 is 22.6 Å². The van der Waals surface area contributed by atoms with Crippen LogP contribution in [0.15, 0.2) is 50.9 Å². The minimum Gasteiger partial charge on any atom is -0.455 e. The molecule has 0 radical (unpaired) electrons. The number of benzene rings is 1. The second-order valence-corrected chi connectivity index (χ2v) is 4.87. The van der Waals surface area contributed by atoms with Crippen molar-refractivity contribution in [2.75, 3.05) is 0 Å². The third-order valence-electron chi connectivity index (χ3n) is 2.25. The molecule has 0 amide bonds. The molecule has 1 aromatic heterocycles. The van der Waals surface area contributed by atoms with Crippen LogP contribution in [0.4, 0.5) is 0 Å². The molecule has 2 aromatic rings. The Labute approximate surface area is 103 Å². The van der Waals surface area contributed by atoms with Crippen LogP contribution >= 0.6 is 0 Å². The summed E-state index contributed by atoms with van der Waals surface area (Å²) >= 11 is 0. The SMILES string of the molecule is O=S(=O)(O)c1ccc(-c2ccc(C=NO)o2)cc1. The van der Waals surface area contributed by atoms with E-state index in [1.807, 2.05) is 0 Å². The molecule has 1 aromatic carbocycles. The largest absolute Gasteiger partial charge is 0.455 e. The number of furan rings is 1. The molecule has 0 aliphatic heterocycles. The summed E-state index contributed by atoms with van der Waals surface area (Å²) in [5.74, 6) is 0.859. The Bertz CT molecular complexity index is 670. The lowest BCUT2D eigenvalue weighted by Gasteiger charge is -1.99. The molecular formula is C11H9NO5S. The van der Waals surface area contributed by atoms with Crippen molar-refractivity contribution in [1.82, 2.24) is 0 Å². The predicted octanol–water partition coefficient (Wildman–Crippen LogP) is 2.00. The third-order valence-corrected chi connectivity index (χ3v) is 3.12. The first-order valence-electron chi connectivity index (χ1n) is 4.86. The molecule has 0 aliphatic carbocycles. The maximum atomic E-state index is 10.9. The smallest absolute Gasteiger partial charge is 0.294 e. The summed E-state index contributed by atoms with van der Waals surface area (Å²) in [6.07, 6.45) is 1.13. The summed E-state index contributed by atoms with van der Waals surface area (Å²) in [4.78, 5) is -0.185. The lowest BCUT2D eigenvalue weighted by Crippen LogP contribution is -1.96. The molecule has 2 N–H and O–H groups in total. The van der Waals surface area contributed by atoms with Crippen molar-refractivity contribution in [3.63, 3.8) is 0 Å². The summed E-state index contributed by atoms with van der Waals surface area (Å²) in [7, 11) is -4.19. The third kappa shape index (κ3) is 2.58. The van der Waals surface area contributed by atoms with Gasteiger partial charge in [-0.2, -0.15) is 8.42 Å². The molecule has 0 saturated carbocycles. The zero-order chi connectivity index (χ0) is 13.2. The number of hydrogen-bond donors (Lipinski definition) is 2. The van der Waals surface area contributed by atoms with Crippen molar-refractivity contribution in [1.29, 1.82) is 0 Å². The van der Waals surface area contributed by atoms with Gasteiger partial charge in [-0.3, -0.25) is 4.55 Å². The van der Waals surface area contributed by atoms with E-state index in [2.05, 4.69) is 5.16 Å². The monoisotopic (exact) mass is 267 g/mol. The summed E-state index contributed by atoms with van der Waals surface area (Å²) in [5.41, 5.74) is 0.639. The van der Waals surface area contributed by atoms with Crippen LogP contribution < -0.4 is 0 Å². The van der Waals surface area contributed by atoms with E-state index in [4.69, 9.17) is 14.2 Å². The highest BCUT2D eigenvalue weighted by Crippen LogP contribution is 2.23. The van der Waals surface area contributed by atoms with Crippen LogP contribution in [0.5, 0.6) is 0 Å². The highest BCUT2D eigenvalue weighted by Gasteiger charge is 2.10. The molecule has 7 heteroatoms. The lowest BCUT2D eigenvalue weighted by atomic mass is 10.2. The maximum Gasteiger partial charge on any atom is 0.294 e. The Morgan fingerprint density at radius 2 is 1.78 bits per heavy atom. The summed E-state index contributed by atoms with van der Waals surface area (Å²) in [6, 6.07) is 8.80. The maximum absolute atomic E-state index is 10.9. The number of nitrogens with zero attached hydrogens (tertiary/aromatic N) is 1. The second kappa shape index (κ2) is 4.63. The van der Waals surface area contributed by atoms with Crippen molar-refractivity contribution >= 4 is 16.3 Å². The number of hydrogen-bond acceptors (Lipinski definition) is 5. The van der Waals surface area contributed by atoms with Crippen molar-refractivity contribution in [3.05, 3.63) is 42.2 Å². The molecule has 0 spiro atoms. The average Bonchev–Trinajstić information content (AvgIpc) is 2.77. The van der Waals surface area contributed by atoms with Gasteiger partial charge in [0.1, 0.15) is 17.7 Å². The van der Waals surface area contributed by atoms with Gasteiger partial charge in [0.15, 0.2) is 0 Å². The Morgan fingerprint density at radius 3 is 2.33 bits per heavy atom. The van der Waals surface area contributed by atoms with E-state index >= 15 is 0 Å². The Balaban J connectivity index is 2.34. The molecule has 0 unspecified atom stereocenters. The zero-order valence-electron chi connectivity index (χ0n) is 9.02. The van der Waals surface area contributed by atoms with Crippen molar-refractivity contribution in [3.8, 4) is 11.3 Å². The molecule has 6 nitrogen and oxygen atoms in total. The van der Waals surface area contributed by atoms with Gasteiger partial charge in [-0.05, 0) is 36.4 Å². The zero-order valence-corrected chi connectivity index (χ0v) is 9.83. The predicted molar refractivity (Wildman–Crippen MR) is 63.3 cm³/mol. The van der Waals surface area contributed by atoms with Crippen molar-refractivity contribution in [2.24, 2.45) is 5.16 Å². The standard InChI is InChI=1S/C11H9NO5S/c13-12-7-9-3-6-11(17-9)8-1-4-10(5-2-8)18(14,15)16/h1-7,13H,(H,14,15,16). The Morgan fingerprint density at radius 1 is 1.11 bits per heavy atom. The highest BCUT2D eigenvalue weighted by molar-refractivity contribution is 7.85. The summed E-state index contributed by atoms with van der Waals surface area (Å²) < 4.78 is 35.9. The van der Waals surface area contributed by atoms with Crippen LogP contribution in [0, 0.1) is 0 Å². The van der Waals surface area contributed by atoms with Crippen LogP contribution in [0.1, 0.15) is 5.76 Å². The van der Waals surface area contributed by atoms with Crippen LogP contribution in [0.2, 0.25) is 0 Å². The summed E-state index contributed by atoms with van der Waals surface area (Å²) in [5, 5.41) is 11.2. The van der Waals surface area contributed by atoms with Crippen LogP contribution in [-0.2, 0) is 10.1 Å². The van der Waals surface area contributed by atoms with Gasteiger partial charge in [0.25, 0.3) is 10.1 Å². The molecule has 0 atom stereocenters. The van der Waals surface area contributed by atoms with Gasteiger partial charge in [-0.25, -0.2) is 0 Å². The van der Waals surface area contributed by atoms with Gasteiger partial charge in [0.2, 0.25) is 0 Å². The average molecular weight is 267 g/mol. The normalized spacial score (nSPS) is 12.1. The fraction of sp³-hybridized carbons (Fsp3) is 0. The molecule has 0 saturated heterocycles. The fourth-order valence-corrected chi connectivity index (χ4v) is 1.91. The van der Waals surface area contributed by atoms with Crippen LogP contribution in [0.3, 0.4) is 0 Å². The first kappa shape index (κ1) is 12.3.